The number of hydrogen-bond acceptors (Lipinski definition) is 5. The van der Waals surface area contributed by atoms with E-state index >= 15 is 0 Å². The molecule has 2 amide bonds. The van der Waals surface area contributed by atoms with Crippen molar-refractivity contribution in [1.29, 1.82) is 0 Å². The summed E-state index contributed by atoms with van der Waals surface area (Å²) >= 11 is 0. The van der Waals surface area contributed by atoms with Crippen molar-refractivity contribution in [2.75, 3.05) is 36.0 Å². The molecule has 1 N–H and O–H groups in total. The average molecular weight is 500 g/mol. The number of anilines is 2. The number of rotatable bonds is 7. The maximum absolute atomic E-state index is 13.4. The van der Waals surface area contributed by atoms with Gasteiger partial charge in [-0.05, 0) is 54.8 Å². The highest BCUT2D eigenvalue weighted by atomic mass is 32.2. The molecule has 35 heavy (non-hydrogen) atoms. The Morgan fingerprint density at radius 3 is 2.40 bits per heavy atom. The van der Waals surface area contributed by atoms with Crippen LogP contribution in [-0.2, 0) is 26.0 Å². The van der Waals surface area contributed by atoms with Crippen LogP contribution >= 0.6 is 0 Å². The van der Waals surface area contributed by atoms with E-state index < -0.39 is 21.9 Å². The van der Waals surface area contributed by atoms with E-state index in [9.17, 15) is 27.9 Å². The lowest BCUT2D eigenvalue weighted by molar-refractivity contribution is -0.124. The second-order valence-corrected chi connectivity index (χ2v) is 10.6. The summed E-state index contributed by atoms with van der Waals surface area (Å²) in [5.74, 6) is -2.00. The highest BCUT2D eigenvalue weighted by Gasteiger charge is 2.39. The fourth-order valence-corrected chi connectivity index (χ4v) is 6.37. The normalized spacial score (nSPS) is 18.1. The number of carbonyl (C=O) groups is 3. The summed E-state index contributed by atoms with van der Waals surface area (Å²) in [6.45, 7) is 4.93. The molecular weight excluding hydrogens is 470 g/mol. The SMILES string of the molecule is CCN(CC)S(=O)(=O)c1ccc(N2CC(C(=O)N3CCCc4c(C(=O)O)cccc43)CC2=O)cc1. The third-order valence-corrected chi connectivity index (χ3v) is 8.78. The third-order valence-electron chi connectivity index (χ3n) is 6.71. The number of sulfonamides is 1. The molecule has 2 aliphatic rings. The van der Waals surface area contributed by atoms with Gasteiger partial charge in [0.2, 0.25) is 21.8 Å². The van der Waals surface area contributed by atoms with Crippen LogP contribution in [0.5, 0.6) is 0 Å². The lowest BCUT2D eigenvalue weighted by Crippen LogP contribution is -2.41. The Labute approximate surface area is 205 Å². The highest BCUT2D eigenvalue weighted by molar-refractivity contribution is 7.89. The Hall–Kier alpha value is -3.24. The Balaban J connectivity index is 1.53. The maximum atomic E-state index is 13.4. The van der Waals surface area contributed by atoms with E-state index in [0.717, 1.165) is 0 Å². The van der Waals surface area contributed by atoms with Crippen molar-refractivity contribution >= 4 is 39.2 Å². The van der Waals surface area contributed by atoms with Gasteiger partial charge >= 0.3 is 5.97 Å². The molecule has 0 spiro atoms. The lowest BCUT2D eigenvalue weighted by Gasteiger charge is -2.32. The van der Waals surface area contributed by atoms with Crippen LogP contribution in [-0.4, -0.2) is 61.8 Å². The quantitative estimate of drug-likeness (QED) is 0.626. The minimum atomic E-state index is -3.60. The second-order valence-electron chi connectivity index (χ2n) is 8.69. The smallest absolute Gasteiger partial charge is 0.336 e. The Morgan fingerprint density at radius 2 is 1.77 bits per heavy atom. The van der Waals surface area contributed by atoms with Gasteiger partial charge in [0.25, 0.3) is 0 Å². The van der Waals surface area contributed by atoms with Crippen LogP contribution in [0.2, 0.25) is 0 Å². The number of carbonyl (C=O) groups excluding carboxylic acids is 2. The zero-order valence-electron chi connectivity index (χ0n) is 19.8. The zero-order valence-corrected chi connectivity index (χ0v) is 20.6. The molecule has 0 bridgehead atoms. The Bertz CT molecular complexity index is 1250. The van der Waals surface area contributed by atoms with E-state index in [-0.39, 0.29) is 35.2 Å². The maximum Gasteiger partial charge on any atom is 0.336 e. The van der Waals surface area contributed by atoms with E-state index in [0.29, 0.717) is 49.4 Å². The molecule has 0 aromatic heterocycles. The first-order valence-electron chi connectivity index (χ1n) is 11.8. The van der Waals surface area contributed by atoms with Gasteiger partial charge in [-0.25, -0.2) is 13.2 Å². The molecule has 10 heteroatoms. The van der Waals surface area contributed by atoms with Crippen molar-refractivity contribution in [2.45, 2.75) is 38.0 Å². The molecule has 1 fully saturated rings. The van der Waals surface area contributed by atoms with Gasteiger partial charge in [-0.1, -0.05) is 19.9 Å². The minimum absolute atomic E-state index is 0.0444. The fraction of sp³-hybridized carbons (Fsp3) is 0.400. The molecule has 9 nitrogen and oxygen atoms in total. The van der Waals surface area contributed by atoms with Gasteiger partial charge in [0.1, 0.15) is 0 Å². The molecular formula is C25H29N3O6S. The highest BCUT2D eigenvalue weighted by Crippen LogP contribution is 2.34. The lowest BCUT2D eigenvalue weighted by atomic mass is 9.95. The molecule has 0 aliphatic carbocycles. The number of benzene rings is 2. The number of aromatic carboxylic acids is 1. The number of carboxylic acid groups (broad SMARTS) is 1. The van der Waals surface area contributed by atoms with Crippen molar-refractivity contribution < 1.29 is 27.9 Å². The monoisotopic (exact) mass is 499 g/mol. The summed E-state index contributed by atoms with van der Waals surface area (Å²) in [5, 5.41) is 9.51. The van der Waals surface area contributed by atoms with E-state index in [1.165, 1.54) is 21.3 Å². The van der Waals surface area contributed by atoms with E-state index in [4.69, 9.17) is 0 Å². The summed E-state index contributed by atoms with van der Waals surface area (Å²) in [5.41, 5.74) is 1.98. The predicted molar refractivity (Wildman–Crippen MR) is 131 cm³/mol. The van der Waals surface area contributed by atoms with Crippen molar-refractivity contribution in [3.63, 3.8) is 0 Å². The molecule has 1 atom stereocenters. The van der Waals surface area contributed by atoms with Gasteiger partial charge in [-0.2, -0.15) is 4.31 Å². The number of hydrogen-bond donors (Lipinski definition) is 1. The standard InChI is InChI=1S/C25H29N3O6S/c1-3-26(4-2)35(33,34)19-12-10-18(11-13-19)28-16-17(15-23(28)29)24(30)27-14-6-8-20-21(25(31)32)7-5-9-22(20)27/h5,7,9-13,17H,3-4,6,8,14-16H2,1-2H3,(H,31,32). The zero-order chi connectivity index (χ0) is 25.3. The molecule has 2 aromatic rings. The molecule has 4 rings (SSSR count). The molecule has 2 aromatic carbocycles. The summed E-state index contributed by atoms with van der Waals surface area (Å²) < 4.78 is 26.8. The van der Waals surface area contributed by atoms with Crippen LogP contribution < -0.4 is 9.80 Å². The molecule has 0 radical (unpaired) electrons. The van der Waals surface area contributed by atoms with E-state index in [2.05, 4.69) is 0 Å². The molecule has 2 heterocycles. The first kappa shape index (κ1) is 24.9. The van der Waals surface area contributed by atoms with Gasteiger partial charge in [-0.3, -0.25) is 9.59 Å². The van der Waals surface area contributed by atoms with Gasteiger partial charge < -0.3 is 14.9 Å². The summed E-state index contributed by atoms with van der Waals surface area (Å²) in [7, 11) is -3.60. The molecule has 0 saturated carbocycles. The molecule has 2 aliphatic heterocycles. The van der Waals surface area contributed by atoms with Crippen LogP contribution in [0.3, 0.4) is 0 Å². The van der Waals surface area contributed by atoms with Gasteiger partial charge in [0, 0.05) is 44.0 Å². The molecule has 186 valence electrons. The molecule has 1 unspecified atom stereocenters. The minimum Gasteiger partial charge on any atom is -0.478 e. The van der Waals surface area contributed by atoms with Crippen molar-refractivity contribution in [3.8, 4) is 0 Å². The topological polar surface area (TPSA) is 115 Å². The number of carboxylic acids is 1. The van der Waals surface area contributed by atoms with Gasteiger partial charge in [0.15, 0.2) is 0 Å². The second kappa shape index (κ2) is 9.79. The summed E-state index contributed by atoms with van der Waals surface area (Å²) in [6.07, 6.45) is 1.28. The number of nitrogens with zero attached hydrogens (tertiary/aromatic N) is 3. The molecule has 1 saturated heterocycles. The first-order chi connectivity index (χ1) is 16.7. The van der Waals surface area contributed by atoms with Gasteiger partial charge in [-0.15, -0.1) is 0 Å². The van der Waals surface area contributed by atoms with Crippen LogP contribution in [0.4, 0.5) is 11.4 Å². The van der Waals surface area contributed by atoms with Crippen LogP contribution in [0.1, 0.15) is 42.6 Å². The van der Waals surface area contributed by atoms with E-state index in [1.807, 2.05) is 0 Å². The Morgan fingerprint density at radius 1 is 1.09 bits per heavy atom. The number of fused-ring (bicyclic) bond motifs is 1. The summed E-state index contributed by atoms with van der Waals surface area (Å²) in [4.78, 5) is 41.1. The Kier molecular flexibility index (Phi) is 6.95. The van der Waals surface area contributed by atoms with Gasteiger partial charge in [0.05, 0.1) is 16.4 Å². The van der Waals surface area contributed by atoms with Crippen LogP contribution in [0.15, 0.2) is 47.4 Å². The summed E-state index contributed by atoms with van der Waals surface area (Å²) in [6, 6.07) is 11.1. The van der Waals surface area contributed by atoms with Crippen molar-refractivity contribution in [3.05, 3.63) is 53.6 Å². The number of amides is 2. The largest absolute Gasteiger partial charge is 0.478 e. The van der Waals surface area contributed by atoms with Crippen LogP contribution in [0, 0.1) is 5.92 Å². The van der Waals surface area contributed by atoms with E-state index in [1.54, 1.807) is 49.1 Å². The fourth-order valence-electron chi connectivity index (χ4n) is 4.91. The van der Waals surface area contributed by atoms with Crippen LogP contribution in [0.25, 0.3) is 0 Å². The average Bonchev–Trinajstić information content (AvgIpc) is 3.25. The van der Waals surface area contributed by atoms with Crippen molar-refractivity contribution in [1.82, 2.24) is 4.31 Å². The third kappa shape index (κ3) is 4.55. The first-order valence-corrected chi connectivity index (χ1v) is 13.2. The van der Waals surface area contributed by atoms with Crippen molar-refractivity contribution in [2.24, 2.45) is 5.92 Å². The predicted octanol–water partition coefficient (Wildman–Crippen LogP) is 2.75.